The maximum absolute atomic E-state index is 13.4. The second-order valence-corrected chi connectivity index (χ2v) is 8.80. The first kappa shape index (κ1) is 26.5. The van der Waals surface area contributed by atoms with Gasteiger partial charge in [0.1, 0.15) is 23.8 Å². The van der Waals surface area contributed by atoms with Gasteiger partial charge in [0.15, 0.2) is 0 Å². The summed E-state index contributed by atoms with van der Waals surface area (Å²) in [6.45, 7) is 5.62. The molecule has 0 aliphatic rings. The second kappa shape index (κ2) is 12.1. The number of rotatable bonds is 9. The quantitative estimate of drug-likeness (QED) is 0.228. The molecule has 0 N–H and O–H groups in total. The molecule has 0 radical (unpaired) electrons. The normalized spacial score (nSPS) is 10.5. The van der Waals surface area contributed by atoms with Crippen molar-refractivity contribution in [3.8, 4) is 28.4 Å². The molecule has 38 heavy (non-hydrogen) atoms. The van der Waals surface area contributed by atoms with Gasteiger partial charge in [0.05, 0.1) is 13.7 Å². The summed E-state index contributed by atoms with van der Waals surface area (Å²) in [6.07, 6.45) is 0. The molecule has 0 spiro atoms. The highest BCUT2D eigenvalue weighted by molar-refractivity contribution is 6.08. The van der Waals surface area contributed by atoms with E-state index in [-0.39, 0.29) is 19.1 Å². The predicted octanol–water partition coefficient (Wildman–Crippen LogP) is 6.98. The number of hydrogen-bond donors (Lipinski definition) is 0. The highest BCUT2D eigenvalue weighted by Crippen LogP contribution is 2.38. The zero-order chi connectivity index (χ0) is 27.1. The largest absolute Gasteiger partial charge is 0.496 e. The summed E-state index contributed by atoms with van der Waals surface area (Å²) in [5.74, 6) is 1.34. The van der Waals surface area contributed by atoms with Gasteiger partial charge in [0, 0.05) is 16.8 Å². The van der Waals surface area contributed by atoms with Crippen LogP contribution in [0.4, 0.5) is 5.69 Å². The van der Waals surface area contributed by atoms with Crippen molar-refractivity contribution in [2.75, 3.05) is 25.2 Å². The number of anilines is 1. The number of nitrogens with zero attached hydrogens (tertiary/aromatic N) is 1. The minimum atomic E-state index is -0.473. The molecule has 0 fully saturated rings. The van der Waals surface area contributed by atoms with Gasteiger partial charge in [0.25, 0.3) is 5.91 Å². The monoisotopic (exact) mass is 509 g/mol. The van der Waals surface area contributed by atoms with Gasteiger partial charge in [-0.3, -0.25) is 14.5 Å². The van der Waals surface area contributed by atoms with Crippen LogP contribution in [0.25, 0.3) is 11.1 Å². The zero-order valence-electron chi connectivity index (χ0n) is 22.1. The summed E-state index contributed by atoms with van der Waals surface area (Å²) in [5, 5.41) is 0. The third-order valence-corrected chi connectivity index (χ3v) is 6.09. The minimum absolute atomic E-state index is 0.195. The Hall–Kier alpha value is -4.58. The molecule has 0 saturated heterocycles. The van der Waals surface area contributed by atoms with Crippen molar-refractivity contribution in [2.45, 2.75) is 20.8 Å². The van der Waals surface area contributed by atoms with Crippen LogP contribution in [0.15, 0.2) is 91.0 Å². The van der Waals surface area contributed by atoms with Crippen LogP contribution >= 0.6 is 0 Å². The van der Waals surface area contributed by atoms with Crippen LogP contribution in [0, 0.1) is 13.8 Å². The van der Waals surface area contributed by atoms with E-state index in [0.717, 1.165) is 28.0 Å². The number of carbonyl (C=O) groups is 2. The Morgan fingerprint density at radius 3 is 2.05 bits per heavy atom. The Kier molecular flexibility index (Phi) is 8.44. The van der Waals surface area contributed by atoms with Gasteiger partial charge >= 0.3 is 5.97 Å². The number of amides is 1. The molecule has 4 aromatic rings. The number of esters is 1. The van der Waals surface area contributed by atoms with E-state index in [9.17, 15) is 9.59 Å². The average Bonchev–Trinajstić information content (AvgIpc) is 2.94. The van der Waals surface area contributed by atoms with Gasteiger partial charge in [-0.25, -0.2) is 0 Å². The van der Waals surface area contributed by atoms with Gasteiger partial charge in [-0.05, 0) is 79.9 Å². The van der Waals surface area contributed by atoms with E-state index in [2.05, 4.69) is 0 Å². The number of ether oxygens (including phenoxy) is 3. The lowest BCUT2D eigenvalue weighted by Gasteiger charge is -2.24. The van der Waals surface area contributed by atoms with Crippen molar-refractivity contribution < 1.29 is 23.8 Å². The Labute approximate surface area is 223 Å². The summed E-state index contributed by atoms with van der Waals surface area (Å²) >= 11 is 0. The summed E-state index contributed by atoms with van der Waals surface area (Å²) in [7, 11) is 1.65. The molecule has 0 aliphatic heterocycles. The molecule has 6 heteroatoms. The van der Waals surface area contributed by atoms with Crippen LogP contribution in [0.2, 0.25) is 0 Å². The number of aryl methyl sites for hydroxylation is 2. The van der Waals surface area contributed by atoms with E-state index in [1.54, 1.807) is 38.3 Å². The summed E-state index contributed by atoms with van der Waals surface area (Å²) in [5.41, 5.74) is 4.67. The van der Waals surface area contributed by atoms with E-state index in [4.69, 9.17) is 14.2 Å². The summed E-state index contributed by atoms with van der Waals surface area (Å²) < 4.78 is 17.1. The van der Waals surface area contributed by atoms with Crippen LogP contribution < -0.4 is 14.4 Å². The minimum Gasteiger partial charge on any atom is -0.496 e. The standard InChI is InChI=1S/C32H31NO5/c1-5-37-30(34)21-33(32(35)25-14-10-7-11-15-25)26-18-22(2)31(23(3)19-26)38-27-16-17-29(36-4)28(20-27)24-12-8-6-9-13-24/h6-20H,5,21H2,1-4H3. The van der Waals surface area contributed by atoms with E-state index >= 15 is 0 Å². The van der Waals surface area contributed by atoms with E-state index in [0.29, 0.717) is 22.7 Å². The smallest absolute Gasteiger partial charge is 0.326 e. The molecular formula is C32H31NO5. The van der Waals surface area contributed by atoms with Crippen molar-refractivity contribution in [2.24, 2.45) is 0 Å². The average molecular weight is 510 g/mol. The predicted molar refractivity (Wildman–Crippen MR) is 149 cm³/mol. The van der Waals surface area contributed by atoms with Crippen LogP contribution in [0.5, 0.6) is 17.2 Å². The molecular weight excluding hydrogens is 478 g/mol. The SMILES string of the molecule is CCOC(=O)CN(C(=O)c1ccccc1)c1cc(C)c(Oc2ccc(OC)c(-c3ccccc3)c2)c(C)c1. The van der Waals surface area contributed by atoms with E-state index in [1.165, 1.54) is 4.90 Å². The third kappa shape index (κ3) is 6.03. The maximum Gasteiger partial charge on any atom is 0.326 e. The zero-order valence-corrected chi connectivity index (χ0v) is 22.1. The van der Waals surface area contributed by atoms with E-state index < -0.39 is 5.97 Å². The van der Waals surface area contributed by atoms with Crippen molar-refractivity contribution in [1.29, 1.82) is 0 Å². The van der Waals surface area contributed by atoms with Gasteiger partial charge in [-0.15, -0.1) is 0 Å². The van der Waals surface area contributed by atoms with Crippen molar-refractivity contribution in [3.05, 3.63) is 108 Å². The molecule has 0 unspecified atom stereocenters. The fourth-order valence-electron chi connectivity index (χ4n) is 4.31. The van der Waals surface area contributed by atoms with E-state index in [1.807, 2.05) is 80.6 Å². The number of methoxy groups -OCH3 is 1. The number of carbonyl (C=O) groups excluding carboxylic acids is 2. The molecule has 0 aliphatic carbocycles. The van der Waals surface area contributed by atoms with Gasteiger partial charge in [-0.1, -0.05) is 48.5 Å². The molecule has 0 atom stereocenters. The Bertz CT molecular complexity index is 1390. The lowest BCUT2D eigenvalue weighted by atomic mass is 10.0. The first-order valence-corrected chi connectivity index (χ1v) is 12.5. The molecule has 194 valence electrons. The first-order valence-electron chi connectivity index (χ1n) is 12.5. The van der Waals surface area contributed by atoms with Gasteiger partial charge in [-0.2, -0.15) is 0 Å². The van der Waals surface area contributed by atoms with Crippen molar-refractivity contribution in [1.82, 2.24) is 0 Å². The molecule has 1 amide bonds. The molecule has 0 aromatic heterocycles. The molecule has 4 aromatic carbocycles. The Morgan fingerprint density at radius 2 is 1.45 bits per heavy atom. The number of benzene rings is 4. The van der Waals surface area contributed by atoms with Crippen LogP contribution in [0.3, 0.4) is 0 Å². The maximum atomic E-state index is 13.4. The van der Waals surface area contributed by atoms with Crippen LogP contribution in [-0.4, -0.2) is 32.1 Å². The molecule has 0 bridgehead atoms. The molecule has 6 nitrogen and oxygen atoms in total. The van der Waals surface area contributed by atoms with Crippen LogP contribution in [-0.2, 0) is 9.53 Å². The Balaban J connectivity index is 1.68. The fourth-order valence-corrected chi connectivity index (χ4v) is 4.31. The molecule has 0 heterocycles. The topological polar surface area (TPSA) is 65.1 Å². The highest BCUT2D eigenvalue weighted by Gasteiger charge is 2.23. The van der Waals surface area contributed by atoms with Crippen molar-refractivity contribution in [3.63, 3.8) is 0 Å². The number of hydrogen-bond acceptors (Lipinski definition) is 5. The first-order chi connectivity index (χ1) is 18.4. The van der Waals surface area contributed by atoms with Crippen molar-refractivity contribution >= 4 is 17.6 Å². The van der Waals surface area contributed by atoms with Gasteiger partial charge in [0.2, 0.25) is 0 Å². The molecule has 0 saturated carbocycles. The van der Waals surface area contributed by atoms with Gasteiger partial charge < -0.3 is 14.2 Å². The van der Waals surface area contributed by atoms with Crippen LogP contribution in [0.1, 0.15) is 28.4 Å². The third-order valence-electron chi connectivity index (χ3n) is 6.09. The second-order valence-electron chi connectivity index (χ2n) is 8.80. The highest BCUT2D eigenvalue weighted by atomic mass is 16.5. The fraction of sp³-hybridized carbons (Fsp3) is 0.188. The molecule has 4 rings (SSSR count). The summed E-state index contributed by atoms with van der Waals surface area (Å²) in [6, 6.07) is 28.3. The lowest BCUT2D eigenvalue weighted by Crippen LogP contribution is -2.36. The summed E-state index contributed by atoms with van der Waals surface area (Å²) in [4.78, 5) is 27.2. The lowest BCUT2D eigenvalue weighted by molar-refractivity contribution is -0.141. The Morgan fingerprint density at radius 1 is 0.816 bits per heavy atom.